The summed E-state index contributed by atoms with van der Waals surface area (Å²) in [6, 6.07) is 16.9. The number of rotatable bonds is 6. The van der Waals surface area contributed by atoms with Gasteiger partial charge in [0.2, 0.25) is 0 Å². The molecule has 0 saturated carbocycles. The molecular weight excluding hydrogens is 407 g/mol. The molecule has 0 N–H and O–H groups in total. The van der Waals surface area contributed by atoms with E-state index >= 15 is 0 Å². The second-order valence-corrected chi connectivity index (χ2v) is 8.04. The smallest absolute Gasteiger partial charge is 0.271 e. The van der Waals surface area contributed by atoms with Crippen molar-refractivity contribution >= 4 is 23.3 Å². The van der Waals surface area contributed by atoms with Gasteiger partial charge in [-0.3, -0.25) is 0 Å². The summed E-state index contributed by atoms with van der Waals surface area (Å²) in [7, 11) is 0. The van der Waals surface area contributed by atoms with Crippen LogP contribution in [0, 0.1) is 22.6 Å². The van der Waals surface area contributed by atoms with Gasteiger partial charge in [-0.25, -0.2) is 5.26 Å². The third-order valence-corrected chi connectivity index (χ3v) is 6.09. The van der Waals surface area contributed by atoms with Crippen molar-refractivity contribution in [2.45, 2.75) is 53.3 Å². The van der Waals surface area contributed by atoms with E-state index < -0.39 is 0 Å². The van der Waals surface area contributed by atoms with E-state index in [0.717, 1.165) is 72.2 Å². The first-order valence-corrected chi connectivity index (χ1v) is 12.1. The summed E-state index contributed by atoms with van der Waals surface area (Å²) in [5.41, 5.74) is 5.00. The van der Waals surface area contributed by atoms with Gasteiger partial charge >= 0.3 is 0 Å². The zero-order valence-corrected chi connectivity index (χ0v) is 20.3. The molecule has 170 valence electrons. The third-order valence-electron chi connectivity index (χ3n) is 6.09. The fraction of sp³-hybridized carbons (Fsp3) is 0.407. The number of benzene rings is 2. The Morgan fingerprint density at radius 2 is 1.70 bits per heavy atom. The first-order chi connectivity index (χ1) is 16.2. The maximum absolute atomic E-state index is 10.0. The Bertz CT molecular complexity index is 1150. The van der Waals surface area contributed by atoms with Crippen molar-refractivity contribution in [3.05, 3.63) is 48.0 Å². The average molecular weight is 440 g/mol. The van der Waals surface area contributed by atoms with Crippen molar-refractivity contribution in [2.75, 3.05) is 24.6 Å². The largest absolute Gasteiger partial charge is 0.494 e. The molecule has 0 atom stereocenters. The fourth-order valence-corrected chi connectivity index (χ4v) is 4.55. The quantitative estimate of drug-likeness (QED) is 0.417. The Morgan fingerprint density at radius 3 is 2.27 bits per heavy atom. The second-order valence-electron chi connectivity index (χ2n) is 8.04. The number of aromatic nitrogens is 1. The van der Waals surface area contributed by atoms with Crippen molar-refractivity contribution in [2.24, 2.45) is 0 Å². The molecule has 1 saturated heterocycles. The van der Waals surface area contributed by atoms with Crippen LogP contribution in [0.5, 0.6) is 5.75 Å². The van der Waals surface area contributed by atoms with Gasteiger partial charge in [0.15, 0.2) is 0 Å². The predicted molar refractivity (Wildman–Crippen MR) is 138 cm³/mol. The molecule has 2 heterocycles. The molecule has 3 aromatic rings. The Morgan fingerprint density at radius 1 is 1.00 bits per heavy atom. The number of aryl methyl sites for hydroxylation is 1. The maximum Gasteiger partial charge on any atom is 0.271 e. The molecule has 1 aliphatic heterocycles. The van der Waals surface area contributed by atoms with Crippen LogP contribution >= 0.6 is 0 Å². The minimum absolute atomic E-state index is 0.167. The first-order valence-electron chi connectivity index (χ1n) is 12.1. The van der Waals surface area contributed by atoms with Crippen LogP contribution in [0.1, 0.15) is 39.7 Å². The summed E-state index contributed by atoms with van der Waals surface area (Å²) in [6.45, 7) is 11.6. The van der Waals surface area contributed by atoms with E-state index in [1.807, 2.05) is 45.0 Å². The number of fused-ring (bicyclic) bond motifs is 1. The average Bonchev–Trinajstić information content (AvgIpc) is 3.19. The van der Waals surface area contributed by atoms with Gasteiger partial charge in [0.25, 0.3) is 6.71 Å². The summed E-state index contributed by atoms with van der Waals surface area (Å²) in [6.07, 6.45) is 2.80. The highest BCUT2D eigenvalue weighted by Crippen LogP contribution is 2.36. The van der Waals surface area contributed by atoms with E-state index in [4.69, 9.17) is 4.74 Å². The number of nitrogens with zero attached hydrogens (tertiary/aromatic N) is 4. The molecule has 5 nitrogen and oxygen atoms in total. The van der Waals surface area contributed by atoms with Gasteiger partial charge in [0, 0.05) is 36.7 Å². The number of ether oxygens (including phenoxy) is 1. The van der Waals surface area contributed by atoms with E-state index in [2.05, 4.69) is 46.6 Å². The molecule has 0 spiro atoms. The summed E-state index contributed by atoms with van der Waals surface area (Å²) in [5.74, 6) is 3.24. The number of nitriles is 2. The van der Waals surface area contributed by atoms with Gasteiger partial charge < -0.3 is 14.2 Å². The minimum atomic E-state index is 0.167. The van der Waals surface area contributed by atoms with Crippen LogP contribution in [0.4, 0.5) is 5.69 Å². The highest BCUT2D eigenvalue weighted by Gasteiger charge is 2.24. The van der Waals surface area contributed by atoms with Gasteiger partial charge in [0.05, 0.1) is 23.4 Å². The standard InChI is InChI=1S/C25H27BN4O.C2H6/c1-3-13-30-24-16-20(29-14-11-26(18-28)12-15-29)7-10-22(24)23(17-27)25(30)19-5-8-21(9-6-19)31-4-2;1-2/h5-10,16H,3-4,11-15H2,1-2H3;1-2H3. The van der Waals surface area contributed by atoms with Gasteiger partial charge in [-0.05, 0) is 74.0 Å². The Balaban J connectivity index is 0.00000149. The van der Waals surface area contributed by atoms with Crippen LogP contribution in [0.3, 0.4) is 0 Å². The molecule has 4 rings (SSSR count). The lowest BCUT2D eigenvalue weighted by atomic mass is 9.45. The van der Waals surface area contributed by atoms with Crippen molar-refractivity contribution in [1.82, 2.24) is 4.57 Å². The lowest BCUT2D eigenvalue weighted by Gasteiger charge is -2.30. The summed E-state index contributed by atoms with van der Waals surface area (Å²) < 4.78 is 7.88. The van der Waals surface area contributed by atoms with Gasteiger partial charge in [-0.15, -0.1) is 0 Å². The Labute approximate surface area is 198 Å². The van der Waals surface area contributed by atoms with Crippen molar-refractivity contribution in [1.29, 1.82) is 10.5 Å². The monoisotopic (exact) mass is 440 g/mol. The molecule has 0 amide bonds. The normalized spacial score (nSPS) is 13.2. The maximum atomic E-state index is 10.0. The minimum Gasteiger partial charge on any atom is -0.494 e. The topological polar surface area (TPSA) is 65.0 Å². The van der Waals surface area contributed by atoms with E-state index in [1.54, 1.807) is 0 Å². The molecule has 0 unspecified atom stereocenters. The molecule has 0 aliphatic carbocycles. The molecule has 1 aromatic heterocycles. The molecule has 33 heavy (non-hydrogen) atoms. The van der Waals surface area contributed by atoms with Crippen LogP contribution in [-0.2, 0) is 6.54 Å². The number of anilines is 1. The molecule has 1 fully saturated rings. The highest BCUT2D eigenvalue weighted by atomic mass is 16.5. The molecule has 6 heteroatoms. The highest BCUT2D eigenvalue weighted by molar-refractivity contribution is 6.67. The fourth-order valence-electron chi connectivity index (χ4n) is 4.55. The van der Waals surface area contributed by atoms with Gasteiger partial charge in [-0.1, -0.05) is 20.8 Å². The second kappa shape index (κ2) is 11.5. The van der Waals surface area contributed by atoms with E-state index in [-0.39, 0.29) is 6.71 Å². The molecular formula is C27H33BN4O. The van der Waals surface area contributed by atoms with Gasteiger partial charge in [0.1, 0.15) is 11.8 Å². The van der Waals surface area contributed by atoms with E-state index in [1.165, 1.54) is 5.69 Å². The summed E-state index contributed by atoms with van der Waals surface area (Å²) in [4.78, 5) is 2.36. The van der Waals surface area contributed by atoms with Crippen molar-refractivity contribution in [3.8, 4) is 29.0 Å². The third kappa shape index (κ3) is 5.01. The molecule has 2 aromatic carbocycles. The van der Waals surface area contributed by atoms with Crippen molar-refractivity contribution < 1.29 is 4.74 Å². The van der Waals surface area contributed by atoms with Crippen LogP contribution < -0.4 is 9.64 Å². The predicted octanol–water partition coefficient (Wildman–Crippen LogP) is 6.39. The summed E-state index contributed by atoms with van der Waals surface area (Å²) in [5, 5.41) is 20.2. The lowest BCUT2D eigenvalue weighted by molar-refractivity contribution is 0.340. The van der Waals surface area contributed by atoms with Crippen LogP contribution in [0.15, 0.2) is 42.5 Å². The Hall–Kier alpha value is -3.38. The molecule has 1 aliphatic rings. The number of hydrogen-bond donors (Lipinski definition) is 0. The van der Waals surface area contributed by atoms with E-state index in [9.17, 15) is 10.5 Å². The van der Waals surface area contributed by atoms with Crippen LogP contribution in [-0.4, -0.2) is 31.0 Å². The van der Waals surface area contributed by atoms with Gasteiger partial charge in [-0.2, -0.15) is 5.26 Å². The zero-order valence-electron chi connectivity index (χ0n) is 20.3. The van der Waals surface area contributed by atoms with E-state index in [0.29, 0.717) is 6.61 Å². The Kier molecular flexibility index (Phi) is 8.44. The summed E-state index contributed by atoms with van der Waals surface area (Å²) >= 11 is 0. The van der Waals surface area contributed by atoms with Crippen LogP contribution in [0.25, 0.3) is 22.2 Å². The zero-order chi connectivity index (χ0) is 23.8. The molecule has 0 radical (unpaired) electrons. The van der Waals surface area contributed by atoms with Crippen LogP contribution in [0.2, 0.25) is 12.6 Å². The molecule has 0 bridgehead atoms. The SMILES string of the molecule is CC.CCCn1c(-c2ccc(OCC)cc2)c(C#N)c2ccc(N3CCB(C#N)CC3)cc21. The number of hydrogen-bond acceptors (Lipinski definition) is 4. The lowest BCUT2D eigenvalue weighted by Crippen LogP contribution is -2.36. The first kappa shape index (κ1) is 24.3. The van der Waals surface area contributed by atoms with Crippen molar-refractivity contribution in [3.63, 3.8) is 0 Å².